The molecule has 6 rings (SSSR count). The highest BCUT2D eigenvalue weighted by Crippen LogP contribution is 2.60. The number of fused-ring (bicyclic) bond motifs is 1. The summed E-state index contributed by atoms with van der Waals surface area (Å²) < 4.78 is 0. The molecule has 4 aliphatic carbocycles. The van der Waals surface area contributed by atoms with Crippen molar-refractivity contribution in [3.8, 4) is 0 Å². The molecule has 0 radical (unpaired) electrons. The van der Waals surface area contributed by atoms with Gasteiger partial charge in [-0.3, -0.25) is 4.79 Å². The van der Waals surface area contributed by atoms with Gasteiger partial charge in [0.1, 0.15) is 5.82 Å². The molecule has 3 nitrogen and oxygen atoms in total. The number of para-hydroxylation sites is 1. The highest BCUT2D eigenvalue weighted by molar-refractivity contribution is 5.77. The van der Waals surface area contributed by atoms with E-state index in [2.05, 4.69) is 4.98 Å². The van der Waals surface area contributed by atoms with Gasteiger partial charge in [0.05, 0.1) is 10.9 Å². The molecule has 1 aromatic heterocycles. The molecule has 1 N–H and O–H groups in total. The first-order valence-electron chi connectivity index (χ1n) is 8.21. The van der Waals surface area contributed by atoms with E-state index < -0.39 is 0 Å². The van der Waals surface area contributed by atoms with Crippen LogP contribution in [0.4, 0.5) is 0 Å². The molecular weight excluding hydrogens is 260 g/mol. The Bertz CT molecular complexity index is 741. The van der Waals surface area contributed by atoms with Crippen molar-refractivity contribution in [2.45, 2.75) is 43.9 Å². The number of aromatic nitrogens is 2. The topological polar surface area (TPSA) is 45.8 Å². The summed E-state index contributed by atoms with van der Waals surface area (Å²) in [5.74, 6) is 3.58. The normalized spacial score (nSPS) is 37.2. The maximum absolute atomic E-state index is 12.4. The largest absolute Gasteiger partial charge is 0.310 e. The lowest BCUT2D eigenvalue weighted by atomic mass is 9.49. The molecule has 0 amide bonds. The number of nitrogens with one attached hydrogen (secondary N) is 1. The van der Waals surface area contributed by atoms with Crippen LogP contribution in [-0.4, -0.2) is 9.97 Å². The average Bonchev–Trinajstić information content (AvgIpc) is 2.46. The van der Waals surface area contributed by atoms with Gasteiger partial charge in [0.15, 0.2) is 0 Å². The lowest BCUT2D eigenvalue weighted by Gasteiger charge is -2.56. The van der Waals surface area contributed by atoms with Crippen LogP contribution in [0.25, 0.3) is 10.9 Å². The van der Waals surface area contributed by atoms with E-state index >= 15 is 0 Å². The van der Waals surface area contributed by atoms with Crippen molar-refractivity contribution in [1.29, 1.82) is 0 Å². The lowest BCUT2D eigenvalue weighted by molar-refractivity contribution is -0.00933. The van der Waals surface area contributed by atoms with Crippen LogP contribution in [0, 0.1) is 17.8 Å². The smallest absolute Gasteiger partial charge is 0.258 e. The van der Waals surface area contributed by atoms with E-state index in [0.717, 1.165) is 29.1 Å². The number of aromatic amines is 1. The van der Waals surface area contributed by atoms with Gasteiger partial charge < -0.3 is 4.98 Å². The van der Waals surface area contributed by atoms with Gasteiger partial charge in [0, 0.05) is 5.41 Å². The highest BCUT2D eigenvalue weighted by atomic mass is 16.1. The Hall–Kier alpha value is -1.64. The van der Waals surface area contributed by atoms with Gasteiger partial charge in [-0.15, -0.1) is 0 Å². The summed E-state index contributed by atoms with van der Waals surface area (Å²) in [5.41, 5.74) is 1.05. The van der Waals surface area contributed by atoms with E-state index in [1.54, 1.807) is 0 Å². The van der Waals surface area contributed by atoms with Gasteiger partial charge in [-0.25, -0.2) is 4.98 Å². The minimum atomic E-state index is 0.0337. The van der Waals surface area contributed by atoms with Crippen LogP contribution in [0.1, 0.15) is 44.3 Å². The van der Waals surface area contributed by atoms with E-state index in [1.807, 2.05) is 24.3 Å². The molecule has 0 saturated heterocycles. The Labute approximate surface area is 123 Å². The monoisotopic (exact) mass is 280 g/mol. The van der Waals surface area contributed by atoms with E-state index in [0.29, 0.717) is 5.39 Å². The van der Waals surface area contributed by atoms with Gasteiger partial charge >= 0.3 is 0 Å². The fourth-order valence-corrected chi connectivity index (χ4v) is 5.74. The summed E-state index contributed by atoms with van der Waals surface area (Å²) in [6.45, 7) is 0. The lowest BCUT2D eigenvalue weighted by Crippen LogP contribution is -2.49. The molecule has 4 saturated carbocycles. The SMILES string of the molecule is O=c1[nH]c(C23CC4CC(CC(C4)C2)C3)nc2ccccc12. The predicted molar refractivity (Wildman–Crippen MR) is 82.2 cm³/mol. The average molecular weight is 280 g/mol. The Morgan fingerprint density at radius 2 is 1.62 bits per heavy atom. The number of H-pyrrole nitrogens is 1. The summed E-state index contributed by atoms with van der Waals surface area (Å²) in [7, 11) is 0. The van der Waals surface area contributed by atoms with E-state index in [9.17, 15) is 4.79 Å². The second-order valence-corrected chi connectivity index (χ2v) is 7.63. The molecule has 21 heavy (non-hydrogen) atoms. The van der Waals surface area contributed by atoms with Crippen LogP contribution in [0.3, 0.4) is 0 Å². The van der Waals surface area contributed by atoms with Gasteiger partial charge in [-0.05, 0) is 68.4 Å². The zero-order valence-electron chi connectivity index (χ0n) is 12.1. The molecule has 2 aromatic rings. The maximum Gasteiger partial charge on any atom is 0.258 e. The van der Waals surface area contributed by atoms with Crippen LogP contribution in [0.2, 0.25) is 0 Å². The third kappa shape index (κ3) is 1.66. The molecule has 4 aliphatic rings. The van der Waals surface area contributed by atoms with Crippen molar-refractivity contribution in [2.24, 2.45) is 17.8 Å². The summed E-state index contributed by atoms with van der Waals surface area (Å²) in [6, 6.07) is 7.71. The number of rotatable bonds is 1. The Balaban J connectivity index is 1.69. The van der Waals surface area contributed by atoms with Crippen LogP contribution in [0.5, 0.6) is 0 Å². The quantitative estimate of drug-likeness (QED) is 0.870. The minimum Gasteiger partial charge on any atom is -0.310 e. The maximum atomic E-state index is 12.4. The van der Waals surface area contributed by atoms with Crippen LogP contribution in [-0.2, 0) is 5.41 Å². The van der Waals surface area contributed by atoms with Crippen molar-refractivity contribution in [2.75, 3.05) is 0 Å². The molecule has 0 aliphatic heterocycles. The van der Waals surface area contributed by atoms with Gasteiger partial charge in [0.2, 0.25) is 0 Å². The molecule has 4 fully saturated rings. The van der Waals surface area contributed by atoms with Crippen LogP contribution >= 0.6 is 0 Å². The summed E-state index contributed by atoms with van der Waals surface area (Å²) >= 11 is 0. The summed E-state index contributed by atoms with van der Waals surface area (Å²) in [4.78, 5) is 20.4. The van der Waals surface area contributed by atoms with E-state index in [4.69, 9.17) is 4.98 Å². The summed E-state index contributed by atoms with van der Waals surface area (Å²) in [5, 5.41) is 0.714. The fourth-order valence-electron chi connectivity index (χ4n) is 5.74. The number of nitrogens with zero attached hydrogens (tertiary/aromatic N) is 1. The van der Waals surface area contributed by atoms with Crippen LogP contribution in [0.15, 0.2) is 29.1 Å². The van der Waals surface area contributed by atoms with Gasteiger partial charge in [0.25, 0.3) is 5.56 Å². The van der Waals surface area contributed by atoms with Crippen molar-refractivity contribution in [3.63, 3.8) is 0 Å². The zero-order valence-corrected chi connectivity index (χ0v) is 12.1. The van der Waals surface area contributed by atoms with Crippen molar-refractivity contribution >= 4 is 10.9 Å². The third-order valence-corrected chi connectivity index (χ3v) is 6.15. The van der Waals surface area contributed by atoms with E-state index in [1.165, 1.54) is 38.5 Å². The molecule has 3 heteroatoms. The van der Waals surface area contributed by atoms with Crippen molar-refractivity contribution in [1.82, 2.24) is 9.97 Å². The van der Waals surface area contributed by atoms with E-state index in [-0.39, 0.29) is 11.0 Å². The standard InChI is InChI=1S/C18H20N2O/c21-16-14-3-1-2-4-15(14)19-17(20-16)18-8-11-5-12(9-18)7-13(6-11)10-18/h1-4,11-13H,5-10H2,(H,19,20,21). The first kappa shape index (κ1) is 12.0. The minimum absolute atomic E-state index is 0.0337. The second-order valence-electron chi connectivity index (χ2n) is 7.63. The fraction of sp³-hybridized carbons (Fsp3) is 0.556. The molecule has 0 unspecified atom stereocenters. The second kappa shape index (κ2) is 3.96. The van der Waals surface area contributed by atoms with Crippen molar-refractivity contribution in [3.05, 3.63) is 40.4 Å². The Morgan fingerprint density at radius 1 is 1.00 bits per heavy atom. The highest BCUT2D eigenvalue weighted by Gasteiger charge is 2.52. The zero-order chi connectivity index (χ0) is 14.0. The number of hydrogen-bond donors (Lipinski definition) is 1. The molecular formula is C18H20N2O. The third-order valence-electron chi connectivity index (χ3n) is 6.15. The Morgan fingerprint density at radius 3 is 2.29 bits per heavy atom. The Kier molecular flexibility index (Phi) is 2.26. The van der Waals surface area contributed by atoms with Crippen LogP contribution < -0.4 is 5.56 Å². The molecule has 0 spiro atoms. The number of benzene rings is 1. The molecule has 4 bridgehead atoms. The summed E-state index contributed by atoms with van der Waals surface area (Å²) in [6.07, 6.45) is 7.95. The first-order valence-corrected chi connectivity index (χ1v) is 8.21. The first-order chi connectivity index (χ1) is 10.2. The van der Waals surface area contributed by atoms with Gasteiger partial charge in [-0.1, -0.05) is 12.1 Å². The van der Waals surface area contributed by atoms with Gasteiger partial charge in [-0.2, -0.15) is 0 Å². The van der Waals surface area contributed by atoms with Crippen molar-refractivity contribution < 1.29 is 0 Å². The molecule has 1 aromatic carbocycles. The molecule has 0 atom stereocenters. The number of hydrogen-bond acceptors (Lipinski definition) is 2. The molecule has 1 heterocycles. The molecule has 108 valence electrons. The predicted octanol–water partition coefficient (Wildman–Crippen LogP) is 3.39.